The summed E-state index contributed by atoms with van der Waals surface area (Å²) >= 11 is 3.36. The number of nitrogens with one attached hydrogen (secondary N) is 1. The van der Waals surface area contributed by atoms with E-state index in [1.807, 2.05) is 66.7 Å². The SMILES string of the molecule is O=C(N/N=C\c1ccc2ccccc2c1)c1nn(Cc2ccc(Br)cc2)cc1[N+](=O)[O-]. The number of hydrogen-bond donors (Lipinski definition) is 1. The van der Waals surface area contributed by atoms with Crippen molar-refractivity contribution in [3.63, 3.8) is 0 Å². The maximum atomic E-state index is 12.5. The molecule has 0 aliphatic carbocycles. The van der Waals surface area contributed by atoms with Gasteiger partial charge in [0.25, 0.3) is 5.91 Å². The number of carbonyl (C=O) groups excluding carboxylic acids is 1. The van der Waals surface area contributed by atoms with Gasteiger partial charge in [0, 0.05) is 4.47 Å². The third-order valence-electron chi connectivity index (χ3n) is 4.57. The van der Waals surface area contributed by atoms with Gasteiger partial charge < -0.3 is 0 Å². The fourth-order valence-electron chi connectivity index (χ4n) is 3.07. The number of hydrazone groups is 1. The minimum atomic E-state index is -0.752. The molecule has 0 saturated heterocycles. The Labute approximate surface area is 185 Å². The molecule has 8 nitrogen and oxygen atoms in total. The van der Waals surface area contributed by atoms with Crippen LogP contribution in [0.15, 0.2) is 82.5 Å². The fraction of sp³-hybridized carbons (Fsp3) is 0.0455. The molecular weight excluding hydrogens is 462 g/mol. The molecule has 1 heterocycles. The molecule has 0 unspecified atom stereocenters. The summed E-state index contributed by atoms with van der Waals surface area (Å²) in [7, 11) is 0. The van der Waals surface area contributed by atoms with Gasteiger partial charge in [0.1, 0.15) is 6.20 Å². The largest absolute Gasteiger partial charge is 0.320 e. The summed E-state index contributed by atoms with van der Waals surface area (Å²) in [6, 6.07) is 21.1. The Balaban J connectivity index is 1.50. The van der Waals surface area contributed by atoms with Gasteiger partial charge in [-0.25, -0.2) is 5.43 Å². The second-order valence-electron chi connectivity index (χ2n) is 6.75. The van der Waals surface area contributed by atoms with E-state index in [9.17, 15) is 14.9 Å². The summed E-state index contributed by atoms with van der Waals surface area (Å²) in [5.74, 6) is -0.752. The number of benzene rings is 3. The molecule has 1 N–H and O–H groups in total. The van der Waals surface area contributed by atoms with E-state index in [4.69, 9.17) is 0 Å². The van der Waals surface area contributed by atoms with E-state index >= 15 is 0 Å². The predicted octanol–water partition coefficient (Wildman–Crippen LogP) is 4.52. The van der Waals surface area contributed by atoms with Gasteiger partial charge >= 0.3 is 5.69 Å². The molecule has 0 aliphatic heterocycles. The smallest absolute Gasteiger partial charge is 0.265 e. The molecule has 9 heteroatoms. The van der Waals surface area contributed by atoms with Crippen LogP contribution in [0, 0.1) is 10.1 Å². The molecule has 4 rings (SSSR count). The van der Waals surface area contributed by atoms with Gasteiger partial charge in [-0.3, -0.25) is 19.6 Å². The van der Waals surface area contributed by atoms with Crippen LogP contribution in [0.25, 0.3) is 10.8 Å². The molecule has 0 atom stereocenters. The van der Waals surface area contributed by atoms with Crippen molar-refractivity contribution in [3.8, 4) is 0 Å². The van der Waals surface area contributed by atoms with Crippen molar-refractivity contribution >= 4 is 44.5 Å². The molecule has 0 radical (unpaired) electrons. The van der Waals surface area contributed by atoms with E-state index in [-0.39, 0.29) is 11.4 Å². The Morgan fingerprint density at radius 3 is 2.61 bits per heavy atom. The molecule has 0 aliphatic rings. The van der Waals surface area contributed by atoms with Gasteiger partial charge in [0.05, 0.1) is 17.7 Å². The van der Waals surface area contributed by atoms with Crippen molar-refractivity contribution in [2.24, 2.45) is 5.10 Å². The number of amides is 1. The lowest BCUT2D eigenvalue weighted by molar-refractivity contribution is -0.385. The molecule has 0 spiro atoms. The molecule has 1 aromatic heterocycles. The average molecular weight is 478 g/mol. The summed E-state index contributed by atoms with van der Waals surface area (Å²) < 4.78 is 2.29. The van der Waals surface area contributed by atoms with E-state index < -0.39 is 10.8 Å². The Morgan fingerprint density at radius 1 is 1.13 bits per heavy atom. The van der Waals surface area contributed by atoms with Gasteiger partial charge in [-0.1, -0.05) is 64.5 Å². The maximum Gasteiger partial charge on any atom is 0.320 e. The van der Waals surface area contributed by atoms with Crippen LogP contribution in [0.1, 0.15) is 21.6 Å². The molecule has 0 bridgehead atoms. The summed E-state index contributed by atoms with van der Waals surface area (Å²) in [5, 5.41) is 21.5. The number of nitro groups is 1. The standard InChI is InChI=1S/C22H16BrN5O3/c23-19-9-6-15(7-10-19)13-27-14-20(28(30)31)21(26-27)22(29)25-24-12-16-5-8-17-3-1-2-4-18(17)11-16/h1-12,14H,13H2,(H,25,29)/b24-12-. The number of carbonyl (C=O) groups is 1. The monoisotopic (exact) mass is 477 g/mol. The summed E-state index contributed by atoms with van der Waals surface area (Å²) in [5.41, 5.74) is 3.32. The van der Waals surface area contributed by atoms with Crippen LogP contribution in [-0.4, -0.2) is 26.8 Å². The van der Waals surface area contributed by atoms with Crippen LogP contribution < -0.4 is 5.43 Å². The third kappa shape index (κ3) is 4.84. The van der Waals surface area contributed by atoms with Crippen molar-refractivity contribution in [1.82, 2.24) is 15.2 Å². The van der Waals surface area contributed by atoms with Crippen molar-refractivity contribution in [1.29, 1.82) is 0 Å². The van der Waals surface area contributed by atoms with E-state index in [0.717, 1.165) is 26.4 Å². The molecular formula is C22H16BrN5O3. The molecule has 4 aromatic rings. The molecule has 0 saturated carbocycles. The molecule has 3 aromatic carbocycles. The zero-order chi connectivity index (χ0) is 21.8. The Hall–Kier alpha value is -3.85. The van der Waals surface area contributed by atoms with Gasteiger partial charge in [0.15, 0.2) is 0 Å². The molecule has 1 amide bonds. The Morgan fingerprint density at radius 2 is 1.87 bits per heavy atom. The summed E-state index contributed by atoms with van der Waals surface area (Å²) in [6.45, 7) is 0.293. The van der Waals surface area contributed by atoms with Gasteiger partial charge in [-0.2, -0.15) is 10.2 Å². The van der Waals surface area contributed by atoms with Crippen LogP contribution in [0.3, 0.4) is 0 Å². The van der Waals surface area contributed by atoms with Gasteiger partial charge in [0.2, 0.25) is 5.69 Å². The molecule has 0 fully saturated rings. The fourth-order valence-corrected chi connectivity index (χ4v) is 3.33. The highest BCUT2D eigenvalue weighted by molar-refractivity contribution is 9.10. The zero-order valence-corrected chi connectivity index (χ0v) is 17.7. The minimum Gasteiger partial charge on any atom is -0.265 e. The third-order valence-corrected chi connectivity index (χ3v) is 5.09. The van der Waals surface area contributed by atoms with Crippen molar-refractivity contribution in [2.45, 2.75) is 6.54 Å². The van der Waals surface area contributed by atoms with Crippen LogP contribution in [-0.2, 0) is 6.54 Å². The zero-order valence-electron chi connectivity index (χ0n) is 16.1. The van der Waals surface area contributed by atoms with Crippen molar-refractivity contribution in [2.75, 3.05) is 0 Å². The Bertz CT molecular complexity index is 1300. The normalized spacial score (nSPS) is 11.1. The highest BCUT2D eigenvalue weighted by Crippen LogP contribution is 2.19. The highest BCUT2D eigenvalue weighted by atomic mass is 79.9. The summed E-state index contributed by atoms with van der Waals surface area (Å²) in [6.07, 6.45) is 2.72. The topological polar surface area (TPSA) is 102 Å². The number of nitrogens with zero attached hydrogens (tertiary/aromatic N) is 4. The highest BCUT2D eigenvalue weighted by Gasteiger charge is 2.25. The quantitative estimate of drug-likeness (QED) is 0.250. The lowest BCUT2D eigenvalue weighted by Gasteiger charge is -2.01. The van der Waals surface area contributed by atoms with Crippen LogP contribution >= 0.6 is 15.9 Å². The van der Waals surface area contributed by atoms with Gasteiger partial charge in [-0.15, -0.1) is 0 Å². The average Bonchev–Trinajstić information content (AvgIpc) is 3.19. The van der Waals surface area contributed by atoms with Crippen molar-refractivity contribution < 1.29 is 9.72 Å². The number of aromatic nitrogens is 2. The maximum absolute atomic E-state index is 12.5. The van der Waals surface area contributed by atoms with Crippen molar-refractivity contribution in [3.05, 3.63) is 104 Å². The number of halogens is 1. The molecule has 154 valence electrons. The summed E-state index contributed by atoms with van der Waals surface area (Å²) in [4.78, 5) is 23.2. The minimum absolute atomic E-state index is 0.293. The number of fused-ring (bicyclic) bond motifs is 1. The van der Waals surface area contributed by atoms with E-state index in [1.54, 1.807) is 0 Å². The second-order valence-corrected chi connectivity index (χ2v) is 7.67. The van der Waals surface area contributed by atoms with Crippen LogP contribution in [0.4, 0.5) is 5.69 Å². The van der Waals surface area contributed by atoms with E-state index in [2.05, 4.69) is 31.6 Å². The first-order chi connectivity index (χ1) is 15.0. The second kappa shape index (κ2) is 8.88. The van der Waals surface area contributed by atoms with Crippen LogP contribution in [0.5, 0.6) is 0 Å². The van der Waals surface area contributed by atoms with Crippen LogP contribution in [0.2, 0.25) is 0 Å². The number of hydrogen-bond acceptors (Lipinski definition) is 5. The van der Waals surface area contributed by atoms with Gasteiger partial charge in [-0.05, 0) is 40.1 Å². The predicted molar refractivity (Wildman–Crippen MR) is 121 cm³/mol. The first-order valence-corrected chi connectivity index (χ1v) is 10.1. The lowest BCUT2D eigenvalue weighted by Crippen LogP contribution is -2.19. The first-order valence-electron chi connectivity index (χ1n) is 9.28. The Kier molecular flexibility index (Phi) is 5.85. The lowest BCUT2D eigenvalue weighted by atomic mass is 10.1. The van der Waals surface area contributed by atoms with E-state index in [1.165, 1.54) is 17.1 Å². The first kappa shape index (κ1) is 20.4. The van der Waals surface area contributed by atoms with E-state index in [0.29, 0.717) is 6.54 Å². The molecule has 31 heavy (non-hydrogen) atoms. The number of rotatable bonds is 6.